The smallest absolute Gasteiger partial charge is 0.222 e. The van der Waals surface area contributed by atoms with E-state index in [0.717, 1.165) is 19.3 Å². The Morgan fingerprint density at radius 2 is 0.759 bits per heavy atom. The number of unbranched alkanes of at least 4 members (excludes halogenated alkanes) is 1. The fourth-order valence-corrected chi connectivity index (χ4v) is 4.77. The third-order valence-electron chi connectivity index (χ3n) is 8.06. The van der Waals surface area contributed by atoms with Crippen molar-refractivity contribution in [3.05, 3.63) is 0 Å². The number of Topliss-reactive ketones (excluding diaryl/α,β-unsaturated/α-hetero) is 1. The molecule has 0 unspecified atom stereocenters. The van der Waals surface area contributed by atoms with Gasteiger partial charge in [0.05, 0.1) is 158 Å². The van der Waals surface area contributed by atoms with Crippen molar-refractivity contribution in [3.63, 3.8) is 0 Å². The lowest BCUT2D eigenvalue weighted by atomic mass is 9.96. The predicted octanol–water partition coefficient (Wildman–Crippen LogP) is 2.64. The monoisotopic (exact) mass is 841 g/mol. The summed E-state index contributed by atoms with van der Waals surface area (Å²) >= 11 is 0. The number of amides is 2. The minimum Gasteiger partial charge on any atom is -0.382 e. The number of ketones is 1. The SMILES string of the molecule is COCCOCCOCCOCCOCCOCCOCCOCCOCCOCCOCCOCCC(=O)NCCCC[C@H](NC(=O)CCC(C)C)C(=O)C(C)C. The maximum absolute atomic E-state index is 12.6. The Bertz CT molecular complexity index is 917. The molecule has 0 aliphatic carbocycles. The second-order valence-corrected chi connectivity index (χ2v) is 13.9. The lowest BCUT2D eigenvalue weighted by Gasteiger charge is -2.20. The molecule has 0 fully saturated rings. The lowest BCUT2D eigenvalue weighted by Crippen LogP contribution is -2.42. The number of carbonyl (C=O) groups excluding carboxylic acids is 3. The summed E-state index contributed by atoms with van der Waals surface area (Å²) in [6.45, 7) is 19.5. The molecule has 0 rings (SSSR count). The highest BCUT2D eigenvalue weighted by atomic mass is 16.6. The van der Waals surface area contributed by atoms with E-state index in [1.807, 2.05) is 13.8 Å². The van der Waals surface area contributed by atoms with Crippen LogP contribution in [-0.4, -0.2) is 189 Å². The van der Waals surface area contributed by atoms with Gasteiger partial charge in [-0.2, -0.15) is 0 Å². The molecule has 344 valence electrons. The molecular formula is C41H80N2O15. The van der Waals surface area contributed by atoms with Gasteiger partial charge >= 0.3 is 0 Å². The average molecular weight is 841 g/mol. The third kappa shape index (κ3) is 42.3. The molecule has 0 aromatic rings. The van der Waals surface area contributed by atoms with Crippen LogP contribution in [0.2, 0.25) is 0 Å². The number of methoxy groups -OCH3 is 1. The highest BCUT2D eigenvalue weighted by Crippen LogP contribution is 2.10. The molecule has 17 heteroatoms. The Labute approximate surface area is 348 Å². The minimum atomic E-state index is -0.477. The van der Waals surface area contributed by atoms with Crippen molar-refractivity contribution >= 4 is 17.6 Å². The second-order valence-electron chi connectivity index (χ2n) is 13.9. The molecule has 2 amide bonds. The van der Waals surface area contributed by atoms with Crippen molar-refractivity contribution < 1.29 is 71.2 Å². The first-order valence-electron chi connectivity index (χ1n) is 21.2. The number of nitrogens with one attached hydrogen (secondary N) is 2. The summed E-state index contributed by atoms with van der Waals surface area (Å²) in [5.74, 6) is 0.167. The maximum Gasteiger partial charge on any atom is 0.222 e. The van der Waals surface area contributed by atoms with Gasteiger partial charge < -0.3 is 67.5 Å². The topological polar surface area (TPSA) is 186 Å². The van der Waals surface area contributed by atoms with Gasteiger partial charge in [-0.1, -0.05) is 27.7 Å². The number of carbonyl (C=O) groups is 3. The van der Waals surface area contributed by atoms with Crippen LogP contribution in [0.5, 0.6) is 0 Å². The van der Waals surface area contributed by atoms with Crippen LogP contribution in [0.15, 0.2) is 0 Å². The zero-order chi connectivity index (χ0) is 42.6. The molecule has 0 aromatic carbocycles. The van der Waals surface area contributed by atoms with E-state index in [4.69, 9.17) is 56.8 Å². The molecule has 0 saturated heterocycles. The molecule has 0 aliphatic heterocycles. The van der Waals surface area contributed by atoms with Crippen LogP contribution in [-0.2, 0) is 71.2 Å². The fourth-order valence-electron chi connectivity index (χ4n) is 4.77. The van der Waals surface area contributed by atoms with Crippen LogP contribution in [0.1, 0.15) is 66.2 Å². The van der Waals surface area contributed by atoms with Gasteiger partial charge in [0.2, 0.25) is 11.8 Å². The first kappa shape index (κ1) is 56.1. The van der Waals surface area contributed by atoms with Crippen molar-refractivity contribution in [2.24, 2.45) is 11.8 Å². The van der Waals surface area contributed by atoms with Gasteiger partial charge in [0, 0.05) is 32.4 Å². The van der Waals surface area contributed by atoms with Gasteiger partial charge in [0.1, 0.15) is 0 Å². The van der Waals surface area contributed by atoms with Crippen molar-refractivity contribution in [1.82, 2.24) is 10.6 Å². The van der Waals surface area contributed by atoms with E-state index in [-0.39, 0.29) is 29.9 Å². The van der Waals surface area contributed by atoms with E-state index in [2.05, 4.69) is 24.5 Å². The molecule has 0 heterocycles. The summed E-state index contributed by atoms with van der Waals surface area (Å²) in [5.41, 5.74) is 0. The van der Waals surface area contributed by atoms with Gasteiger partial charge in [-0.3, -0.25) is 14.4 Å². The second kappa shape index (κ2) is 44.7. The summed E-state index contributed by atoms with van der Waals surface area (Å²) in [4.78, 5) is 36.9. The van der Waals surface area contributed by atoms with Gasteiger partial charge in [-0.25, -0.2) is 0 Å². The van der Waals surface area contributed by atoms with E-state index >= 15 is 0 Å². The third-order valence-corrected chi connectivity index (χ3v) is 8.06. The summed E-state index contributed by atoms with van der Waals surface area (Å²) < 4.78 is 64.9. The minimum absolute atomic E-state index is 0.0458. The molecule has 0 aliphatic rings. The molecule has 0 bridgehead atoms. The van der Waals surface area contributed by atoms with Crippen molar-refractivity contribution in [3.8, 4) is 0 Å². The van der Waals surface area contributed by atoms with Crippen LogP contribution < -0.4 is 10.6 Å². The van der Waals surface area contributed by atoms with Gasteiger partial charge in [-0.05, 0) is 31.6 Å². The van der Waals surface area contributed by atoms with Crippen LogP contribution in [0.25, 0.3) is 0 Å². The molecule has 0 saturated carbocycles. The number of rotatable bonds is 47. The van der Waals surface area contributed by atoms with E-state index in [9.17, 15) is 14.4 Å². The standard InChI is InChI=1S/C41H80N2O15/c1-36(2)9-10-40(45)43-38(41(46)37(3)4)8-6-7-12-42-39(44)11-13-48-16-17-50-20-21-52-24-25-54-28-29-56-32-33-58-35-34-57-31-30-55-27-26-53-23-22-51-19-18-49-15-14-47-5/h36-38H,6-35H2,1-5H3,(H,42,44)(H,43,45)/t38-/m0/s1. The van der Waals surface area contributed by atoms with E-state index < -0.39 is 6.04 Å². The van der Waals surface area contributed by atoms with Gasteiger partial charge in [-0.15, -0.1) is 0 Å². The normalized spacial score (nSPS) is 12.1. The van der Waals surface area contributed by atoms with E-state index in [0.29, 0.717) is 177 Å². The summed E-state index contributed by atoms with van der Waals surface area (Å²) in [7, 11) is 1.64. The molecule has 17 nitrogen and oxygen atoms in total. The van der Waals surface area contributed by atoms with Crippen molar-refractivity contribution in [1.29, 1.82) is 0 Å². The van der Waals surface area contributed by atoms with Gasteiger partial charge in [0.25, 0.3) is 0 Å². The Balaban J connectivity index is 3.36. The highest BCUT2D eigenvalue weighted by Gasteiger charge is 2.22. The molecular weight excluding hydrogens is 760 g/mol. The number of hydrogen-bond donors (Lipinski definition) is 2. The Hall–Kier alpha value is -1.87. The molecule has 0 aromatic heterocycles. The maximum atomic E-state index is 12.6. The highest BCUT2D eigenvalue weighted by molar-refractivity contribution is 5.90. The molecule has 0 spiro atoms. The zero-order valence-electron chi connectivity index (χ0n) is 36.6. The van der Waals surface area contributed by atoms with Gasteiger partial charge in [0.15, 0.2) is 5.78 Å². The molecule has 0 radical (unpaired) electrons. The van der Waals surface area contributed by atoms with E-state index in [1.54, 1.807) is 7.11 Å². The van der Waals surface area contributed by atoms with Crippen LogP contribution in [0, 0.1) is 11.8 Å². The summed E-state index contributed by atoms with van der Waals surface area (Å²) in [5, 5.41) is 5.79. The van der Waals surface area contributed by atoms with Crippen LogP contribution in [0.3, 0.4) is 0 Å². The summed E-state index contributed by atoms with van der Waals surface area (Å²) in [6.07, 6.45) is 3.50. The Morgan fingerprint density at radius 1 is 0.414 bits per heavy atom. The molecule has 2 N–H and O–H groups in total. The Kier molecular flexibility index (Phi) is 43.2. The lowest BCUT2D eigenvalue weighted by molar-refractivity contribution is -0.129. The number of ether oxygens (including phenoxy) is 12. The number of hydrogen-bond acceptors (Lipinski definition) is 15. The quantitative estimate of drug-likeness (QED) is 0.0852. The first-order valence-corrected chi connectivity index (χ1v) is 21.2. The zero-order valence-corrected chi connectivity index (χ0v) is 36.6. The first-order chi connectivity index (χ1) is 28.3. The van der Waals surface area contributed by atoms with Crippen molar-refractivity contribution in [2.75, 3.05) is 166 Å². The van der Waals surface area contributed by atoms with E-state index in [1.165, 1.54) is 0 Å². The average Bonchev–Trinajstić information content (AvgIpc) is 3.20. The van der Waals surface area contributed by atoms with Crippen LogP contribution in [0.4, 0.5) is 0 Å². The largest absolute Gasteiger partial charge is 0.382 e. The Morgan fingerprint density at radius 3 is 1.09 bits per heavy atom. The van der Waals surface area contributed by atoms with Crippen molar-refractivity contribution in [2.45, 2.75) is 72.3 Å². The summed E-state index contributed by atoms with van der Waals surface area (Å²) in [6, 6.07) is -0.477. The fraction of sp³-hybridized carbons (Fsp3) is 0.927. The molecule has 58 heavy (non-hydrogen) atoms. The van der Waals surface area contributed by atoms with Crippen LogP contribution >= 0.6 is 0 Å². The molecule has 1 atom stereocenters. The predicted molar refractivity (Wildman–Crippen MR) is 218 cm³/mol.